The highest BCUT2D eigenvalue weighted by Crippen LogP contribution is 2.37. The maximum atomic E-state index is 6.39. The molecule has 1 aromatic heterocycles. The van der Waals surface area contributed by atoms with E-state index >= 15 is 0 Å². The second-order valence-electron chi connectivity index (χ2n) is 5.50. The molecule has 104 valence electrons. The standard InChI is InChI=1S/C17H19BrN2/c18-15-9-4-10-20-17(15)16(19)11-13-7-3-6-12-5-1-2-8-14(12)13/h1-2,4-5,8-10,13,16H,3,6-7,11,19H2. The maximum absolute atomic E-state index is 6.39. The van der Waals surface area contributed by atoms with Crippen LogP contribution in [0.15, 0.2) is 47.1 Å². The summed E-state index contributed by atoms with van der Waals surface area (Å²) in [5.41, 5.74) is 10.3. The Kier molecular flexibility index (Phi) is 4.18. The number of nitrogens with zero attached hydrogens (tertiary/aromatic N) is 1. The van der Waals surface area contributed by atoms with Gasteiger partial charge in [-0.1, -0.05) is 24.3 Å². The fourth-order valence-electron chi connectivity index (χ4n) is 3.19. The third-order valence-electron chi connectivity index (χ3n) is 4.17. The van der Waals surface area contributed by atoms with Crippen molar-refractivity contribution in [3.05, 3.63) is 63.9 Å². The van der Waals surface area contributed by atoms with E-state index in [4.69, 9.17) is 5.73 Å². The Labute approximate surface area is 128 Å². The van der Waals surface area contributed by atoms with Crippen molar-refractivity contribution in [1.82, 2.24) is 4.98 Å². The van der Waals surface area contributed by atoms with E-state index in [9.17, 15) is 0 Å². The van der Waals surface area contributed by atoms with E-state index in [0.717, 1.165) is 16.6 Å². The normalized spacial score (nSPS) is 19.4. The van der Waals surface area contributed by atoms with Gasteiger partial charge >= 0.3 is 0 Å². The maximum Gasteiger partial charge on any atom is 0.0712 e. The SMILES string of the molecule is NC(CC1CCCc2ccccc21)c1ncccc1Br. The lowest BCUT2D eigenvalue weighted by molar-refractivity contribution is 0.471. The molecule has 2 N–H and O–H groups in total. The average Bonchev–Trinajstić information content (AvgIpc) is 2.48. The Morgan fingerprint density at radius 3 is 2.95 bits per heavy atom. The molecule has 3 heteroatoms. The highest BCUT2D eigenvalue weighted by atomic mass is 79.9. The van der Waals surface area contributed by atoms with Gasteiger partial charge in [0.05, 0.1) is 5.69 Å². The molecule has 0 fully saturated rings. The van der Waals surface area contributed by atoms with Gasteiger partial charge in [0.1, 0.15) is 0 Å². The average molecular weight is 331 g/mol. The molecule has 0 saturated carbocycles. The molecule has 3 rings (SSSR count). The first-order valence-electron chi connectivity index (χ1n) is 7.19. The zero-order chi connectivity index (χ0) is 13.9. The Morgan fingerprint density at radius 1 is 1.25 bits per heavy atom. The van der Waals surface area contributed by atoms with Crippen LogP contribution in [0.4, 0.5) is 0 Å². The van der Waals surface area contributed by atoms with Gasteiger partial charge in [0.15, 0.2) is 0 Å². The highest BCUT2D eigenvalue weighted by molar-refractivity contribution is 9.10. The number of halogens is 1. The molecule has 2 unspecified atom stereocenters. The number of aromatic nitrogens is 1. The molecule has 0 saturated heterocycles. The first-order chi connectivity index (χ1) is 9.75. The molecular formula is C17H19BrN2. The van der Waals surface area contributed by atoms with E-state index in [1.165, 1.54) is 30.4 Å². The summed E-state index contributed by atoms with van der Waals surface area (Å²) >= 11 is 3.55. The molecule has 0 aliphatic heterocycles. The molecule has 1 heterocycles. The second kappa shape index (κ2) is 6.06. The lowest BCUT2D eigenvalue weighted by Gasteiger charge is -2.27. The van der Waals surface area contributed by atoms with Crippen molar-refractivity contribution in [1.29, 1.82) is 0 Å². The Morgan fingerprint density at radius 2 is 2.10 bits per heavy atom. The summed E-state index contributed by atoms with van der Waals surface area (Å²) in [6, 6.07) is 12.7. The van der Waals surface area contributed by atoms with Gasteiger partial charge in [-0.15, -0.1) is 0 Å². The Hall–Kier alpha value is -1.19. The molecule has 0 amide bonds. The van der Waals surface area contributed by atoms with Crippen LogP contribution in [0.25, 0.3) is 0 Å². The van der Waals surface area contributed by atoms with Crippen LogP contribution in [0, 0.1) is 0 Å². The number of rotatable bonds is 3. The fraction of sp³-hybridized carbons (Fsp3) is 0.353. The molecule has 20 heavy (non-hydrogen) atoms. The molecule has 0 radical (unpaired) electrons. The topological polar surface area (TPSA) is 38.9 Å². The van der Waals surface area contributed by atoms with Gasteiger partial charge in [-0.3, -0.25) is 4.98 Å². The van der Waals surface area contributed by atoms with E-state index in [0.29, 0.717) is 5.92 Å². The molecule has 1 aliphatic carbocycles. The third kappa shape index (κ3) is 2.79. The van der Waals surface area contributed by atoms with Gasteiger partial charge < -0.3 is 5.73 Å². The molecule has 0 spiro atoms. The lowest BCUT2D eigenvalue weighted by Crippen LogP contribution is -2.19. The summed E-state index contributed by atoms with van der Waals surface area (Å²) in [5.74, 6) is 0.559. The molecule has 2 atom stereocenters. The molecular weight excluding hydrogens is 312 g/mol. The minimum atomic E-state index is -0.0123. The number of benzene rings is 1. The third-order valence-corrected chi connectivity index (χ3v) is 4.84. The smallest absolute Gasteiger partial charge is 0.0712 e. The van der Waals surface area contributed by atoms with Crippen molar-refractivity contribution in [2.75, 3.05) is 0 Å². The van der Waals surface area contributed by atoms with Crippen LogP contribution in [0.2, 0.25) is 0 Å². The van der Waals surface area contributed by atoms with E-state index in [1.807, 2.05) is 18.3 Å². The highest BCUT2D eigenvalue weighted by Gasteiger charge is 2.23. The lowest BCUT2D eigenvalue weighted by atomic mass is 9.79. The molecule has 1 aliphatic rings. The first-order valence-corrected chi connectivity index (χ1v) is 7.99. The van der Waals surface area contributed by atoms with E-state index < -0.39 is 0 Å². The number of pyridine rings is 1. The van der Waals surface area contributed by atoms with Crippen LogP contribution in [0.5, 0.6) is 0 Å². The summed E-state index contributed by atoms with van der Waals surface area (Å²) in [6.45, 7) is 0. The van der Waals surface area contributed by atoms with Gasteiger partial charge in [0.25, 0.3) is 0 Å². The number of hydrogen-bond donors (Lipinski definition) is 1. The van der Waals surface area contributed by atoms with Crippen molar-refractivity contribution >= 4 is 15.9 Å². The van der Waals surface area contributed by atoms with Crippen LogP contribution in [0.1, 0.15) is 48.0 Å². The van der Waals surface area contributed by atoms with Crippen molar-refractivity contribution in [2.45, 2.75) is 37.6 Å². The summed E-state index contributed by atoms with van der Waals surface area (Å²) in [5, 5.41) is 0. The molecule has 2 aromatic rings. The van der Waals surface area contributed by atoms with Crippen molar-refractivity contribution in [3.8, 4) is 0 Å². The number of nitrogens with two attached hydrogens (primary N) is 1. The van der Waals surface area contributed by atoms with Gasteiger partial charge in [-0.05, 0) is 70.8 Å². The van der Waals surface area contributed by atoms with Gasteiger partial charge in [0, 0.05) is 16.7 Å². The van der Waals surface area contributed by atoms with Gasteiger partial charge in [-0.2, -0.15) is 0 Å². The first kappa shape index (κ1) is 13.8. The van der Waals surface area contributed by atoms with Crippen molar-refractivity contribution in [3.63, 3.8) is 0 Å². The number of hydrogen-bond acceptors (Lipinski definition) is 2. The van der Waals surface area contributed by atoms with E-state index in [-0.39, 0.29) is 6.04 Å². The predicted octanol–water partition coefficient (Wildman–Crippen LogP) is 4.35. The monoisotopic (exact) mass is 330 g/mol. The molecule has 0 bridgehead atoms. The summed E-state index contributed by atoms with van der Waals surface area (Å²) in [7, 11) is 0. The van der Waals surface area contributed by atoms with Gasteiger partial charge in [0.2, 0.25) is 0 Å². The quantitative estimate of drug-likeness (QED) is 0.908. The van der Waals surface area contributed by atoms with E-state index in [1.54, 1.807) is 0 Å². The summed E-state index contributed by atoms with van der Waals surface area (Å²) in [6.07, 6.45) is 6.48. The van der Waals surface area contributed by atoms with Crippen LogP contribution in [-0.4, -0.2) is 4.98 Å². The number of aryl methyl sites for hydroxylation is 1. The van der Waals surface area contributed by atoms with Gasteiger partial charge in [-0.25, -0.2) is 0 Å². The molecule has 2 nitrogen and oxygen atoms in total. The Bertz CT molecular complexity index is 597. The van der Waals surface area contributed by atoms with Crippen LogP contribution >= 0.6 is 15.9 Å². The second-order valence-corrected chi connectivity index (χ2v) is 6.35. The van der Waals surface area contributed by atoms with Crippen molar-refractivity contribution in [2.24, 2.45) is 5.73 Å². The summed E-state index contributed by atoms with van der Waals surface area (Å²) in [4.78, 5) is 4.43. The fourth-order valence-corrected chi connectivity index (χ4v) is 3.74. The Balaban J connectivity index is 1.81. The number of fused-ring (bicyclic) bond motifs is 1. The largest absolute Gasteiger partial charge is 0.323 e. The zero-order valence-corrected chi connectivity index (χ0v) is 13.0. The zero-order valence-electron chi connectivity index (χ0n) is 11.4. The van der Waals surface area contributed by atoms with Crippen LogP contribution < -0.4 is 5.73 Å². The predicted molar refractivity (Wildman–Crippen MR) is 85.6 cm³/mol. The molecule has 1 aromatic carbocycles. The van der Waals surface area contributed by atoms with Crippen LogP contribution in [-0.2, 0) is 6.42 Å². The minimum absolute atomic E-state index is 0.0123. The minimum Gasteiger partial charge on any atom is -0.323 e. The van der Waals surface area contributed by atoms with E-state index in [2.05, 4.69) is 45.2 Å². The van der Waals surface area contributed by atoms with Crippen LogP contribution in [0.3, 0.4) is 0 Å². The summed E-state index contributed by atoms with van der Waals surface area (Å²) < 4.78 is 1.01. The van der Waals surface area contributed by atoms with Crippen molar-refractivity contribution < 1.29 is 0 Å².